The van der Waals surface area contributed by atoms with Crippen molar-refractivity contribution in [3.05, 3.63) is 90.0 Å². The smallest absolute Gasteiger partial charge is 0.278 e. The maximum Gasteiger partial charge on any atom is 0.278 e. The average molecular weight is 452 g/mol. The molecule has 0 aliphatic heterocycles. The van der Waals surface area contributed by atoms with Crippen molar-refractivity contribution in [3.8, 4) is 5.75 Å². The molecule has 0 atom stereocenters. The Labute approximate surface area is 190 Å². The highest BCUT2D eigenvalue weighted by Crippen LogP contribution is 2.25. The second kappa shape index (κ2) is 11.0. The number of hydrogen-bond donors (Lipinski definition) is 0. The quantitative estimate of drug-likeness (QED) is 0.414. The SMILES string of the molecule is CCCCc1ccc(N(C(=O)COc2cccc(CC)c2)S(=O)(=O)c2ccccc2)cc1. The maximum absolute atomic E-state index is 13.4. The monoisotopic (exact) mass is 451 g/mol. The van der Waals surface area contributed by atoms with E-state index in [-0.39, 0.29) is 4.90 Å². The van der Waals surface area contributed by atoms with Gasteiger partial charge in [-0.1, -0.05) is 62.7 Å². The lowest BCUT2D eigenvalue weighted by Gasteiger charge is -2.23. The van der Waals surface area contributed by atoms with E-state index < -0.39 is 22.5 Å². The Morgan fingerprint density at radius 2 is 1.59 bits per heavy atom. The van der Waals surface area contributed by atoms with Crippen LogP contribution in [0, 0.1) is 0 Å². The molecule has 0 fully saturated rings. The summed E-state index contributed by atoms with van der Waals surface area (Å²) in [6, 6.07) is 22.5. The summed E-state index contributed by atoms with van der Waals surface area (Å²) >= 11 is 0. The molecular weight excluding hydrogens is 422 g/mol. The van der Waals surface area contributed by atoms with Crippen LogP contribution < -0.4 is 9.04 Å². The number of nitrogens with zero attached hydrogens (tertiary/aromatic N) is 1. The van der Waals surface area contributed by atoms with Crippen molar-refractivity contribution in [2.45, 2.75) is 44.4 Å². The molecule has 1 amide bonds. The first kappa shape index (κ1) is 23.5. The molecule has 3 aromatic carbocycles. The summed E-state index contributed by atoms with van der Waals surface area (Å²) in [7, 11) is -4.10. The fourth-order valence-electron chi connectivity index (χ4n) is 3.35. The van der Waals surface area contributed by atoms with Crippen LogP contribution >= 0.6 is 0 Å². The number of rotatable bonds is 10. The highest BCUT2D eigenvalue weighted by molar-refractivity contribution is 7.93. The number of benzene rings is 3. The third-order valence-corrected chi connectivity index (χ3v) is 6.93. The predicted octanol–water partition coefficient (Wildman–Crippen LogP) is 5.39. The summed E-state index contributed by atoms with van der Waals surface area (Å²) < 4.78 is 33.3. The molecule has 0 spiro atoms. The molecule has 0 bridgehead atoms. The minimum atomic E-state index is -4.10. The number of hydrogen-bond acceptors (Lipinski definition) is 4. The van der Waals surface area contributed by atoms with Gasteiger partial charge in [-0.05, 0) is 66.8 Å². The zero-order valence-corrected chi connectivity index (χ0v) is 19.3. The van der Waals surface area contributed by atoms with Crippen LogP contribution in [-0.4, -0.2) is 20.9 Å². The van der Waals surface area contributed by atoms with Crippen molar-refractivity contribution >= 4 is 21.6 Å². The van der Waals surface area contributed by atoms with Crippen LogP contribution in [0.25, 0.3) is 0 Å². The number of amides is 1. The third-order valence-electron chi connectivity index (χ3n) is 5.17. The molecule has 0 saturated carbocycles. The van der Waals surface area contributed by atoms with E-state index in [9.17, 15) is 13.2 Å². The van der Waals surface area contributed by atoms with Crippen LogP contribution in [0.15, 0.2) is 83.8 Å². The standard InChI is InChI=1S/C26H29NO4S/c1-3-5-10-22-15-17-23(18-16-22)27(32(29,30)25-13-7-6-8-14-25)26(28)20-31-24-12-9-11-21(4-2)19-24/h6-9,11-19H,3-5,10,20H2,1-2H3. The largest absolute Gasteiger partial charge is 0.484 e. The summed E-state index contributed by atoms with van der Waals surface area (Å²) in [6.07, 6.45) is 3.87. The summed E-state index contributed by atoms with van der Waals surface area (Å²) in [4.78, 5) is 13.2. The number of sulfonamides is 1. The van der Waals surface area contributed by atoms with Gasteiger partial charge in [0.1, 0.15) is 5.75 Å². The number of ether oxygens (including phenoxy) is 1. The maximum atomic E-state index is 13.4. The number of anilines is 1. The molecule has 32 heavy (non-hydrogen) atoms. The molecule has 0 aromatic heterocycles. The van der Waals surface area contributed by atoms with Crippen LogP contribution in [0.4, 0.5) is 5.69 Å². The third kappa shape index (κ3) is 5.77. The normalized spacial score (nSPS) is 11.2. The first-order valence-corrected chi connectivity index (χ1v) is 12.3. The Kier molecular flexibility index (Phi) is 8.06. The van der Waals surface area contributed by atoms with Crippen molar-refractivity contribution in [2.75, 3.05) is 10.9 Å². The summed E-state index contributed by atoms with van der Waals surface area (Å²) in [5.74, 6) is -0.123. The Balaban J connectivity index is 1.90. The molecule has 6 heteroatoms. The second-order valence-corrected chi connectivity index (χ2v) is 9.32. The van der Waals surface area contributed by atoms with Crippen LogP contribution in [-0.2, 0) is 27.7 Å². The molecule has 0 aliphatic carbocycles. The van der Waals surface area contributed by atoms with Crippen LogP contribution in [0.3, 0.4) is 0 Å². The zero-order valence-electron chi connectivity index (χ0n) is 18.5. The van der Waals surface area contributed by atoms with Gasteiger partial charge in [0.2, 0.25) is 0 Å². The van der Waals surface area contributed by atoms with Gasteiger partial charge in [0.15, 0.2) is 6.61 Å². The lowest BCUT2D eigenvalue weighted by atomic mass is 10.1. The Morgan fingerprint density at radius 3 is 2.25 bits per heavy atom. The van der Waals surface area contributed by atoms with Gasteiger partial charge in [-0.2, -0.15) is 4.31 Å². The van der Waals surface area contributed by atoms with Gasteiger partial charge in [0, 0.05) is 0 Å². The highest BCUT2D eigenvalue weighted by atomic mass is 32.2. The fourth-order valence-corrected chi connectivity index (χ4v) is 4.78. The molecule has 3 aromatic rings. The van der Waals surface area contributed by atoms with Gasteiger partial charge in [-0.25, -0.2) is 8.42 Å². The van der Waals surface area contributed by atoms with Gasteiger partial charge in [0.25, 0.3) is 15.9 Å². The lowest BCUT2D eigenvalue weighted by Crippen LogP contribution is -2.40. The van der Waals surface area contributed by atoms with Crippen LogP contribution in [0.5, 0.6) is 5.75 Å². The van der Waals surface area contributed by atoms with Gasteiger partial charge in [-0.15, -0.1) is 0 Å². The Bertz CT molecular complexity index is 1130. The van der Waals surface area contributed by atoms with E-state index >= 15 is 0 Å². The predicted molar refractivity (Wildman–Crippen MR) is 127 cm³/mol. The molecule has 0 heterocycles. The van der Waals surface area contributed by atoms with Gasteiger partial charge in [0.05, 0.1) is 10.6 Å². The Hall–Kier alpha value is -3.12. The first-order chi connectivity index (χ1) is 15.5. The molecule has 5 nitrogen and oxygen atoms in total. The van der Waals surface area contributed by atoms with E-state index in [4.69, 9.17) is 4.74 Å². The molecule has 0 N–H and O–H groups in total. The van der Waals surface area contributed by atoms with Crippen molar-refractivity contribution in [3.63, 3.8) is 0 Å². The van der Waals surface area contributed by atoms with Gasteiger partial charge < -0.3 is 4.74 Å². The van der Waals surface area contributed by atoms with E-state index in [0.29, 0.717) is 11.4 Å². The van der Waals surface area contributed by atoms with Crippen LogP contribution in [0.1, 0.15) is 37.8 Å². The van der Waals surface area contributed by atoms with E-state index in [2.05, 4.69) is 6.92 Å². The van der Waals surface area contributed by atoms with E-state index in [1.54, 1.807) is 36.4 Å². The van der Waals surface area contributed by atoms with Crippen LogP contribution in [0.2, 0.25) is 0 Å². The van der Waals surface area contributed by atoms with Crippen molar-refractivity contribution in [1.29, 1.82) is 0 Å². The minimum absolute atomic E-state index is 0.0522. The van der Waals surface area contributed by atoms with Crippen molar-refractivity contribution in [2.24, 2.45) is 0 Å². The molecular formula is C26H29NO4S. The average Bonchev–Trinajstić information content (AvgIpc) is 2.83. The fraction of sp³-hybridized carbons (Fsp3) is 0.269. The minimum Gasteiger partial charge on any atom is -0.484 e. The first-order valence-electron chi connectivity index (χ1n) is 10.9. The number of carbonyl (C=O) groups is 1. The molecule has 0 radical (unpaired) electrons. The van der Waals surface area contributed by atoms with E-state index in [1.165, 1.54) is 12.1 Å². The molecule has 0 unspecified atom stereocenters. The topological polar surface area (TPSA) is 63.7 Å². The van der Waals surface area contributed by atoms with E-state index in [1.807, 2.05) is 37.3 Å². The molecule has 168 valence electrons. The lowest BCUT2D eigenvalue weighted by molar-refractivity contribution is -0.119. The summed E-state index contributed by atoms with van der Waals surface area (Å²) in [5.41, 5.74) is 2.48. The molecule has 3 rings (SSSR count). The highest BCUT2D eigenvalue weighted by Gasteiger charge is 2.31. The molecule has 0 aliphatic rings. The zero-order chi connectivity index (χ0) is 23.0. The summed E-state index contributed by atoms with van der Waals surface area (Å²) in [6.45, 7) is 3.76. The van der Waals surface area contributed by atoms with Gasteiger partial charge in [-0.3, -0.25) is 4.79 Å². The van der Waals surface area contributed by atoms with Crippen molar-refractivity contribution in [1.82, 2.24) is 0 Å². The summed E-state index contributed by atoms with van der Waals surface area (Å²) in [5, 5.41) is 0. The Morgan fingerprint density at radius 1 is 0.875 bits per heavy atom. The van der Waals surface area contributed by atoms with E-state index in [0.717, 1.165) is 41.1 Å². The number of unbranched alkanes of at least 4 members (excludes halogenated alkanes) is 1. The van der Waals surface area contributed by atoms with Gasteiger partial charge >= 0.3 is 0 Å². The molecule has 0 saturated heterocycles. The second-order valence-electron chi connectivity index (χ2n) is 7.54. The van der Waals surface area contributed by atoms with Crippen molar-refractivity contribution < 1.29 is 17.9 Å². The number of aryl methyl sites for hydroxylation is 2. The number of carbonyl (C=O) groups excluding carboxylic acids is 1.